The van der Waals surface area contributed by atoms with Crippen molar-refractivity contribution in [2.75, 3.05) is 6.61 Å². The number of halogens is 1. The summed E-state index contributed by atoms with van der Waals surface area (Å²) in [6.07, 6.45) is 0.587. The molecule has 0 aliphatic heterocycles. The number of benzene rings is 1. The molecule has 1 aromatic heterocycles. The largest absolute Gasteiger partial charge is 0.489 e. The van der Waals surface area contributed by atoms with Gasteiger partial charge >= 0.3 is 0 Å². The van der Waals surface area contributed by atoms with Crippen LogP contribution in [0.25, 0.3) is 0 Å². The van der Waals surface area contributed by atoms with Gasteiger partial charge in [0.1, 0.15) is 18.5 Å². The van der Waals surface area contributed by atoms with Gasteiger partial charge in [0.05, 0.1) is 17.9 Å². The van der Waals surface area contributed by atoms with Gasteiger partial charge in [-0.15, -0.1) is 0 Å². The molecule has 2 aromatic rings. The van der Waals surface area contributed by atoms with Gasteiger partial charge in [-0.2, -0.15) is 0 Å². The summed E-state index contributed by atoms with van der Waals surface area (Å²) in [5.74, 6) is 0.519. The molecule has 0 aliphatic carbocycles. The molecule has 0 bridgehead atoms. The minimum absolute atomic E-state index is 0.0451. The van der Waals surface area contributed by atoms with Crippen LogP contribution in [0.3, 0.4) is 0 Å². The number of hydrogen-bond acceptors (Lipinski definition) is 4. The summed E-state index contributed by atoms with van der Waals surface area (Å²) >= 11 is 6.01. The van der Waals surface area contributed by atoms with E-state index in [0.29, 0.717) is 16.5 Å². The maximum atomic E-state index is 11.7. The molecule has 5 nitrogen and oxygen atoms in total. The van der Waals surface area contributed by atoms with E-state index in [9.17, 15) is 9.90 Å². The predicted molar refractivity (Wildman–Crippen MR) is 80.9 cm³/mol. The second-order valence-electron chi connectivity index (χ2n) is 4.92. The average molecular weight is 309 g/mol. The van der Waals surface area contributed by atoms with Crippen LogP contribution < -0.4 is 10.3 Å². The number of aliphatic hydroxyl groups is 1. The Morgan fingerprint density at radius 2 is 2.14 bits per heavy atom. The van der Waals surface area contributed by atoms with Gasteiger partial charge in [0.25, 0.3) is 5.56 Å². The van der Waals surface area contributed by atoms with Crippen molar-refractivity contribution in [3.8, 4) is 5.75 Å². The zero-order valence-electron chi connectivity index (χ0n) is 11.9. The smallest absolute Gasteiger partial charge is 0.253 e. The van der Waals surface area contributed by atoms with Crippen molar-refractivity contribution in [2.24, 2.45) is 0 Å². The fourth-order valence-electron chi connectivity index (χ4n) is 1.84. The van der Waals surface area contributed by atoms with Gasteiger partial charge in [-0.1, -0.05) is 17.7 Å². The SMILES string of the molecule is Cc1ccc(Cl)c(OCC(O)Cn2cnc(C)cc2=O)c1. The lowest BCUT2D eigenvalue weighted by atomic mass is 10.2. The van der Waals surface area contributed by atoms with Gasteiger partial charge < -0.3 is 9.84 Å². The van der Waals surface area contributed by atoms with Crippen LogP contribution in [0.15, 0.2) is 35.4 Å². The third-order valence-corrected chi connectivity index (χ3v) is 3.25. The maximum Gasteiger partial charge on any atom is 0.253 e. The molecule has 0 spiro atoms. The molecule has 1 heterocycles. The zero-order valence-corrected chi connectivity index (χ0v) is 12.7. The topological polar surface area (TPSA) is 64.3 Å². The molecule has 0 radical (unpaired) electrons. The van der Waals surface area contributed by atoms with Gasteiger partial charge in [-0.25, -0.2) is 4.98 Å². The molecule has 0 aliphatic rings. The van der Waals surface area contributed by atoms with Crippen molar-refractivity contribution in [2.45, 2.75) is 26.5 Å². The summed E-state index contributed by atoms with van der Waals surface area (Å²) in [7, 11) is 0. The van der Waals surface area contributed by atoms with E-state index < -0.39 is 6.10 Å². The lowest BCUT2D eigenvalue weighted by molar-refractivity contribution is 0.0913. The molecular weight excluding hydrogens is 292 g/mol. The Labute approximate surface area is 127 Å². The molecule has 1 aromatic carbocycles. The van der Waals surface area contributed by atoms with Crippen molar-refractivity contribution < 1.29 is 9.84 Å². The van der Waals surface area contributed by atoms with Crippen LogP contribution in [0.5, 0.6) is 5.75 Å². The summed E-state index contributed by atoms with van der Waals surface area (Å²) in [6, 6.07) is 6.84. The van der Waals surface area contributed by atoms with E-state index in [1.807, 2.05) is 13.0 Å². The summed E-state index contributed by atoms with van der Waals surface area (Å²) in [5, 5.41) is 10.5. The van der Waals surface area contributed by atoms with E-state index in [-0.39, 0.29) is 18.7 Å². The van der Waals surface area contributed by atoms with Gasteiger partial charge in [0.15, 0.2) is 0 Å². The summed E-state index contributed by atoms with van der Waals surface area (Å²) in [5.41, 5.74) is 1.46. The fourth-order valence-corrected chi connectivity index (χ4v) is 2.01. The van der Waals surface area contributed by atoms with Crippen LogP contribution in [-0.4, -0.2) is 27.4 Å². The number of ether oxygens (including phenoxy) is 1. The normalized spacial score (nSPS) is 12.2. The third-order valence-electron chi connectivity index (χ3n) is 2.94. The first-order chi connectivity index (χ1) is 9.95. The number of aryl methyl sites for hydroxylation is 2. The molecule has 112 valence electrons. The highest BCUT2D eigenvalue weighted by Gasteiger charge is 2.10. The first-order valence-electron chi connectivity index (χ1n) is 6.56. The Bertz CT molecular complexity index is 685. The third kappa shape index (κ3) is 4.31. The second-order valence-corrected chi connectivity index (χ2v) is 5.33. The van der Waals surface area contributed by atoms with Gasteiger partial charge in [0, 0.05) is 11.8 Å². The van der Waals surface area contributed by atoms with Crippen LogP contribution in [0.1, 0.15) is 11.3 Å². The highest BCUT2D eigenvalue weighted by molar-refractivity contribution is 6.32. The summed E-state index contributed by atoms with van der Waals surface area (Å²) < 4.78 is 6.84. The molecule has 0 fully saturated rings. The standard InChI is InChI=1S/C15H17ClN2O3/c1-10-3-4-13(16)14(5-10)21-8-12(19)7-18-9-17-11(2)6-15(18)20/h3-6,9,12,19H,7-8H2,1-2H3. The Kier molecular flexibility index (Phi) is 4.98. The number of hydrogen-bond donors (Lipinski definition) is 1. The number of rotatable bonds is 5. The maximum absolute atomic E-state index is 11.7. The molecule has 0 saturated carbocycles. The lowest BCUT2D eigenvalue weighted by Crippen LogP contribution is -2.30. The van der Waals surface area contributed by atoms with Gasteiger partial charge in [0.2, 0.25) is 0 Å². The van der Waals surface area contributed by atoms with Crippen molar-refractivity contribution in [1.29, 1.82) is 0 Å². The average Bonchev–Trinajstić information content (AvgIpc) is 2.43. The molecule has 0 saturated heterocycles. The molecule has 1 N–H and O–H groups in total. The van der Waals surface area contributed by atoms with Gasteiger partial charge in [-0.05, 0) is 31.5 Å². The van der Waals surface area contributed by atoms with E-state index in [0.717, 1.165) is 5.56 Å². The second kappa shape index (κ2) is 6.74. The zero-order chi connectivity index (χ0) is 15.4. The highest BCUT2D eigenvalue weighted by atomic mass is 35.5. The predicted octanol–water partition coefficient (Wildman–Crippen LogP) is 1.95. The minimum Gasteiger partial charge on any atom is -0.489 e. The quantitative estimate of drug-likeness (QED) is 0.917. The van der Waals surface area contributed by atoms with Crippen LogP contribution in [0.4, 0.5) is 0 Å². The molecular formula is C15H17ClN2O3. The number of aromatic nitrogens is 2. The van der Waals surface area contributed by atoms with E-state index in [2.05, 4.69) is 4.98 Å². The molecule has 21 heavy (non-hydrogen) atoms. The van der Waals surface area contributed by atoms with Crippen molar-refractivity contribution in [1.82, 2.24) is 9.55 Å². The van der Waals surface area contributed by atoms with Crippen molar-refractivity contribution >= 4 is 11.6 Å². The Morgan fingerprint density at radius 1 is 1.38 bits per heavy atom. The van der Waals surface area contributed by atoms with E-state index in [4.69, 9.17) is 16.3 Å². The molecule has 1 atom stereocenters. The van der Waals surface area contributed by atoms with Crippen LogP contribution in [-0.2, 0) is 6.54 Å². The molecule has 2 rings (SSSR count). The first kappa shape index (κ1) is 15.5. The van der Waals surface area contributed by atoms with Crippen LogP contribution >= 0.6 is 11.6 Å². The molecule has 1 unspecified atom stereocenters. The first-order valence-corrected chi connectivity index (χ1v) is 6.93. The molecule has 6 heteroatoms. The Morgan fingerprint density at radius 3 is 2.86 bits per heavy atom. The number of aliphatic hydroxyl groups excluding tert-OH is 1. The van der Waals surface area contributed by atoms with E-state index >= 15 is 0 Å². The number of nitrogens with zero attached hydrogens (tertiary/aromatic N) is 2. The summed E-state index contributed by atoms with van der Waals surface area (Å²) in [6.45, 7) is 3.83. The fraction of sp³-hybridized carbons (Fsp3) is 0.333. The Hall–Kier alpha value is -1.85. The van der Waals surface area contributed by atoms with Crippen LogP contribution in [0.2, 0.25) is 5.02 Å². The van der Waals surface area contributed by atoms with Crippen molar-refractivity contribution in [3.05, 3.63) is 57.2 Å². The minimum atomic E-state index is -0.830. The molecule has 0 amide bonds. The summed E-state index contributed by atoms with van der Waals surface area (Å²) in [4.78, 5) is 15.7. The Balaban J connectivity index is 1.97. The lowest BCUT2D eigenvalue weighted by Gasteiger charge is -2.14. The van der Waals surface area contributed by atoms with Gasteiger partial charge in [-0.3, -0.25) is 9.36 Å². The van der Waals surface area contributed by atoms with E-state index in [1.54, 1.807) is 19.1 Å². The van der Waals surface area contributed by atoms with Crippen molar-refractivity contribution in [3.63, 3.8) is 0 Å². The van der Waals surface area contributed by atoms with Crippen LogP contribution in [0, 0.1) is 13.8 Å². The highest BCUT2D eigenvalue weighted by Crippen LogP contribution is 2.25. The van der Waals surface area contributed by atoms with E-state index in [1.165, 1.54) is 17.0 Å². The monoisotopic (exact) mass is 308 g/mol.